The van der Waals surface area contributed by atoms with Crippen molar-refractivity contribution in [1.29, 1.82) is 0 Å². The number of halogens is 2. The Balaban J connectivity index is 1.63. The fraction of sp³-hybridized carbons (Fsp3) is 0.250. The topological polar surface area (TPSA) is 108 Å². The van der Waals surface area contributed by atoms with Gasteiger partial charge in [-0.05, 0) is 71.0 Å². The van der Waals surface area contributed by atoms with Crippen molar-refractivity contribution in [3.8, 4) is 5.75 Å². The van der Waals surface area contributed by atoms with Gasteiger partial charge in [-0.15, -0.1) is 0 Å². The van der Waals surface area contributed by atoms with Gasteiger partial charge in [0, 0.05) is 9.49 Å². The maximum absolute atomic E-state index is 13.7. The van der Waals surface area contributed by atoms with E-state index >= 15 is 0 Å². The molecule has 0 spiro atoms. The van der Waals surface area contributed by atoms with Crippen LogP contribution in [0.5, 0.6) is 5.75 Å². The molecule has 0 saturated carbocycles. The van der Waals surface area contributed by atoms with Crippen LogP contribution in [0.4, 0.5) is 10.5 Å². The number of nitrogens with zero attached hydrogens (tertiary/aromatic N) is 1. The number of carbonyl (C=O) groups is 3. The number of aliphatic hydroxyl groups is 1. The highest BCUT2D eigenvalue weighted by Crippen LogP contribution is 2.32. The molecular weight excluding hydrogens is 621 g/mol. The molecule has 4 amide bonds. The van der Waals surface area contributed by atoms with E-state index in [2.05, 4.69) is 33.2 Å². The minimum atomic E-state index is -1.14. The van der Waals surface area contributed by atoms with E-state index in [1.54, 1.807) is 56.3 Å². The number of amides is 4. The van der Waals surface area contributed by atoms with Crippen molar-refractivity contribution in [3.63, 3.8) is 0 Å². The number of hydrogen-bond donors (Lipinski definition) is 3. The summed E-state index contributed by atoms with van der Waals surface area (Å²) in [5.41, 5.74) is 1.73. The molecule has 3 aromatic rings. The highest BCUT2D eigenvalue weighted by atomic mass is 127. The molecule has 3 aromatic carbocycles. The quantitative estimate of drug-likeness (QED) is 0.221. The lowest BCUT2D eigenvalue weighted by Crippen LogP contribution is -2.50. The maximum Gasteiger partial charge on any atom is 0.325 e. The fourth-order valence-corrected chi connectivity index (χ4v) is 5.16. The van der Waals surface area contributed by atoms with Gasteiger partial charge in [0.2, 0.25) is 5.91 Å². The SMILES string of the molecule is C[C@@H](O)COc1ccc([C@H]2NC(=O)N([C@H](C(=O)Nc3ccc(I)cc3Cl)[C@@H](C)c3ccccc3)C2=O)cc1. The van der Waals surface area contributed by atoms with E-state index < -0.39 is 42.0 Å². The number of imide groups is 1. The molecule has 4 atom stereocenters. The molecule has 1 heterocycles. The van der Waals surface area contributed by atoms with E-state index in [-0.39, 0.29) is 6.61 Å². The zero-order valence-electron chi connectivity index (χ0n) is 20.7. The summed E-state index contributed by atoms with van der Waals surface area (Å²) < 4.78 is 6.38. The number of ether oxygens (including phenoxy) is 1. The largest absolute Gasteiger partial charge is 0.491 e. The van der Waals surface area contributed by atoms with Crippen LogP contribution in [-0.4, -0.2) is 46.6 Å². The average Bonchev–Trinajstić information content (AvgIpc) is 3.19. The van der Waals surface area contributed by atoms with E-state index in [1.807, 2.05) is 30.3 Å². The Morgan fingerprint density at radius 3 is 2.42 bits per heavy atom. The van der Waals surface area contributed by atoms with E-state index in [0.717, 1.165) is 14.0 Å². The van der Waals surface area contributed by atoms with Crippen LogP contribution >= 0.6 is 34.2 Å². The van der Waals surface area contributed by atoms with Crippen molar-refractivity contribution in [2.75, 3.05) is 11.9 Å². The Hall–Kier alpha value is -3.15. The second-order valence-corrected chi connectivity index (χ2v) is 10.7. The molecule has 1 aliphatic rings. The van der Waals surface area contributed by atoms with Crippen molar-refractivity contribution in [2.24, 2.45) is 0 Å². The van der Waals surface area contributed by atoms with Gasteiger partial charge in [-0.3, -0.25) is 9.59 Å². The number of carbonyl (C=O) groups excluding carboxylic acids is 3. The second-order valence-electron chi connectivity index (χ2n) is 9.08. The third-order valence-corrected chi connectivity index (χ3v) is 7.19. The van der Waals surface area contributed by atoms with Gasteiger partial charge in [0.25, 0.3) is 5.91 Å². The van der Waals surface area contributed by atoms with Gasteiger partial charge >= 0.3 is 6.03 Å². The molecule has 0 radical (unpaired) electrons. The lowest BCUT2D eigenvalue weighted by molar-refractivity contribution is -0.134. The van der Waals surface area contributed by atoms with Crippen molar-refractivity contribution in [1.82, 2.24) is 10.2 Å². The Morgan fingerprint density at radius 1 is 1.11 bits per heavy atom. The zero-order chi connectivity index (χ0) is 27.4. The van der Waals surface area contributed by atoms with E-state index in [0.29, 0.717) is 22.0 Å². The smallest absolute Gasteiger partial charge is 0.325 e. The van der Waals surface area contributed by atoms with Crippen molar-refractivity contribution < 1.29 is 24.2 Å². The average molecular weight is 648 g/mol. The van der Waals surface area contributed by atoms with Crippen molar-refractivity contribution >= 4 is 57.7 Å². The monoisotopic (exact) mass is 647 g/mol. The van der Waals surface area contributed by atoms with Crippen LogP contribution in [0.25, 0.3) is 0 Å². The minimum Gasteiger partial charge on any atom is -0.491 e. The molecule has 198 valence electrons. The lowest BCUT2D eigenvalue weighted by Gasteiger charge is -2.30. The van der Waals surface area contributed by atoms with Gasteiger partial charge < -0.3 is 20.5 Å². The van der Waals surface area contributed by atoms with Crippen LogP contribution in [0.2, 0.25) is 5.02 Å². The molecule has 10 heteroatoms. The predicted molar refractivity (Wildman–Crippen MR) is 153 cm³/mol. The van der Waals surface area contributed by atoms with E-state index in [1.165, 1.54) is 0 Å². The molecule has 0 aliphatic carbocycles. The van der Waals surface area contributed by atoms with Crippen LogP contribution in [0.15, 0.2) is 72.8 Å². The summed E-state index contributed by atoms with van der Waals surface area (Å²) in [6.07, 6.45) is -0.622. The Labute approximate surface area is 239 Å². The molecule has 3 N–H and O–H groups in total. The summed E-state index contributed by atoms with van der Waals surface area (Å²) in [7, 11) is 0. The highest BCUT2D eigenvalue weighted by Gasteiger charge is 2.47. The molecule has 4 rings (SSSR count). The van der Waals surface area contributed by atoms with Crippen LogP contribution in [0, 0.1) is 3.57 Å². The van der Waals surface area contributed by atoms with Crippen LogP contribution in [0.3, 0.4) is 0 Å². The second kappa shape index (κ2) is 12.1. The molecule has 1 aliphatic heterocycles. The third kappa shape index (κ3) is 6.28. The summed E-state index contributed by atoms with van der Waals surface area (Å²) in [5.74, 6) is -1.06. The van der Waals surface area contributed by atoms with E-state index in [9.17, 15) is 19.5 Å². The summed E-state index contributed by atoms with van der Waals surface area (Å²) in [6, 6.07) is 18.3. The molecule has 0 bridgehead atoms. The molecule has 1 saturated heterocycles. The molecule has 0 aromatic heterocycles. The number of nitrogens with one attached hydrogen (secondary N) is 2. The van der Waals surface area contributed by atoms with Gasteiger partial charge in [-0.25, -0.2) is 9.69 Å². The van der Waals surface area contributed by atoms with Gasteiger partial charge in [0.15, 0.2) is 0 Å². The maximum atomic E-state index is 13.7. The van der Waals surface area contributed by atoms with Crippen LogP contribution < -0.4 is 15.4 Å². The zero-order valence-corrected chi connectivity index (χ0v) is 23.6. The van der Waals surface area contributed by atoms with Gasteiger partial charge in [0.05, 0.1) is 16.8 Å². The number of anilines is 1. The standard InChI is InChI=1S/C28H27ClIN3O5/c1-16(34)15-38-21-11-8-19(9-12-21)24-27(36)33(28(37)32-24)25(17(2)18-6-4-3-5-7-18)26(35)31-23-13-10-20(30)14-22(23)29/h3-14,16-17,24-25,34H,15H2,1-2H3,(H,31,35)(H,32,37)/t16-,17+,24-,25+/m1/s1. The van der Waals surface area contributed by atoms with Crippen molar-refractivity contribution in [3.05, 3.63) is 92.5 Å². The molecule has 8 nitrogen and oxygen atoms in total. The fourth-order valence-electron chi connectivity index (χ4n) is 4.26. The normalized spacial score (nSPS) is 17.5. The summed E-state index contributed by atoms with van der Waals surface area (Å²) in [6.45, 7) is 3.55. The van der Waals surface area contributed by atoms with Gasteiger partial charge in [-0.1, -0.05) is 61.0 Å². The van der Waals surface area contributed by atoms with Crippen LogP contribution in [0.1, 0.15) is 36.9 Å². The first kappa shape index (κ1) is 27.9. The van der Waals surface area contributed by atoms with Gasteiger partial charge in [0.1, 0.15) is 24.4 Å². The molecular formula is C28H27ClIN3O5. The summed E-state index contributed by atoms with van der Waals surface area (Å²) >= 11 is 8.46. The first-order chi connectivity index (χ1) is 18.2. The number of urea groups is 1. The number of hydrogen-bond acceptors (Lipinski definition) is 5. The molecule has 1 fully saturated rings. The summed E-state index contributed by atoms with van der Waals surface area (Å²) in [4.78, 5) is 41.5. The number of rotatable bonds is 9. The predicted octanol–water partition coefficient (Wildman–Crippen LogP) is 5.11. The Bertz CT molecular complexity index is 1320. The van der Waals surface area contributed by atoms with Crippen molar-refractivity contribution in [2.45, 2.75) is 38.0 Å². The molecule has 38 heavy (non-hydrogen) atoms. The lowest BCUT2D eigenvalue weighted by atomic mass is 9.91. The first-order valence-corrected chi connectivity index (χ1v) is 13.5. The van der Waals surface area contributed by atoms with E-state index in [4.69, 9.17) is 16.3 Å². The first-order valence-electron chi connectivity index (χ1n) is 12.0. The Morgan fingerprint density at radius 2 is 1.79 bits per heavy atom. The van der Waals surface area contributed by atoms with Gasteiger partial charge in [-0.2, -0.15) is 0 Å². The highest BCUT2D eigenvalue weighted by molar-refractivity contribution is 14.1. The molecule has 0 unspecified atom stereocenters. The van der Waals surface area contributed by atoms with Crippen LogP contribution in [-0.2, 0) is 9.59 Å². The number of benzene rings is 3. The summed E-state index contributed by atoms with van der Waals surface area (Å²) in [5, 5.41) is 15.3. The third-order valence-electron chi connectivity index (χ3n) is 6.21. The number of aliphatic hydroxyl groups excluding tert-OH is 1. The minimum absolute atomic E-state index is 0.130. The Kier molecular flexibility index (Phi) is 8.91.